The van der Waals surface area contributed by atoms with Gasteiger partial charge in [-0.15, -0.1) is 0 Å². The number of urea groups is 1. The maximum absolute atomic E-state index is 12.3. The molecule has 3 aliphatic rings. The lowest BCUT2D eigenvalue weighted by Gasteiger charge is -2.30. The molecule has 2 saturated carbocycles. The molecule has 1 aliphatic heterocycles. The van der Waals surface area contributed by atoms with Crippen LogP contribution in [0.15, 0.2) is 0 Å². The molecular weight excluding hydrogens is 234 g/mol. The topological polar surface area (TPSA) is 78.5 Å². The average Bonchev–Trinajstić information content (AvgIpc) is 3.17. The number of nitrogens with one attached hydrogen (secondary N) is 2. The molecule has 0 unspecified atom stereocenters. The van der Waals surface area contributed by atoms with Gasteiger partial charge in [0.05, 0.1) is 0 Å². The first-order chi connectivity index (χ1) is 8.62. The summed E-state index contributed by atoms with van der Waals surface area (Å²) in [6.07, 6.45) is 6.02. The Morgan fingerprint density at radius 3 is 2.50 bits per heavy atom. The number of hydrazine groups is 1. The number of hydrogen-bond acceptors (Lipinski definition) is 3. The summed E-state index contributed by atoms with van der Waals surface area (Å²) in [6.45, 7) is 0. The molecule has 0 radical (unpaired) electrons. The molecule has 0 aromatic heterocycles. The highest BCUT2D eigenvalue weighted by molar-refractivity contribution is 6.08. The Labute approximate surface area is 105 Å². The number of amides is 4. The summed E-state index contributed by atoms with van der Waals surface area (Å²) in [6, 6.07) is -0.490. The molecular formula is C12H17N3O3. The normalized spacial score (nSPS) is 26.3. The first-order valence-corrected chi connectivity index (χ1v) is 6.60. The third-order valence-electron chi connectivity index (χ3n) is 4.04. The number of nitrogens with zero attached hydrogens (tertiary/aromatic N) is 1. The molecule has 0 aromatic rings. The second kappa shape index (κ2) is 3.96. The van der Waals surface area contributed by atoms with Crippen LogP contribution in [-0.4, -0.2) is 28.4 Å². The zero-order chi connectivity index (χ0) is 12.8. The fourth-order valence-corrected chi connectivity index (χ4v) is 2.76. The van der Waals surface area contributed by atoms with E-state index >= 15 is 0 Å². The van der Waals surface area contributed by atoms with Crippen LogP contribution in [0.5, 0.6) is 0 Å². The summed E-state index contributed by atoms with van der Waals surface area (Å²) >= 11 is 0. The second-order valence-corrected chi connectivity index (χ2v) is 5.46. The van der Waals surface area contributed by atoms with Crippen LogP contribution >= 0.6 is 0 Å². The van der Waals surface area contributed by atoms with Gasteiger partial charge in [-0.25, -0.2) is 4.79 Å². The first-order valence-electron chi connectivity index (χ1n) is 6.60. The quantitative estimate of drug-likeness (QED) is 0.708. The minimum Gasteiger partial charge on any atom is -0.322 e. The van der Waals surface area contributed by atoms with E-state index in [2.05, 4.69) is 10.7 Å². The third-order valence-corrected chi connectivity index (χ3v) is 4.04. The molecule has 3 fully saturated rings. The van der Waals surface area contributed by atoms with Gasteiger partial charge in [0.25, 0.3) is 5.91 Å². The molecule has 18 heavy (non-hydrogen) atoms. The van der Waals surface area contributed by atoms with Crippen LogP contribution in [0.1, 0.15) is 44.9 Å². The number of rotatable bonds is 2. The lowest BCUT2D eigenvalue weighted by molar-refractivity contribution is -0.140. The van der Waals surface area contributed by atoms with Gasteiger partial charge in [-0.05, 0) is 25.7 Å². The van der Waals surface area contributed by atoms with Crippen molar-refractivity contribution in [2.75, 3.05) is 0 Å². The molecule has 4 amide bonds. The van der Waals surface area contributed by atoms with Gasteiger partial charge >= 0.3 is 6.03 Å². The highest BCUT2D eigenvalue weighted by atomic mass is 16.2. The van der Waals surface area contributed by atoms with Crippen molar-refractivity contribution in [2.24, 2.45) is 5.92 Å². The van der Waals surface area contributed by atoms with Crippen LogP contribution in [0.25, 0.3) is 0 Å². The zero-order valence-electron chi connectivity index (χ0n) is 10.2. The summed E-state index contributed by atoms with van der Waals surface area (Å²) in [7, 11) is 0. The maximum Gasteiger partial charge on any atom is 0.344 e. The number of carbonyl (C=O) groups is 3. The molecule has 0 aromatic carbocycles. The number of carbonyl (C=O) groups excluding carboxylic acids is 3. The highest BCUT2D eigenvalue weighted by Crippen LogP contribution is 2.34. The Morgan fingerprint density at radius 2 is 1.89 bits per heavy atom. The van der Waals surface area contributed by atoms with Crippen molar-refractivity contribution in [1.29, 1.82) is 0 Å². The van der Waals surface area contributed by atoms with E-state index in [0.29, 0.717) is 12.8 Å². The second-order valence-electron chi connectivity index (χ2n) is 5.46. The molecule has 6 nitrogen and oxygen atoms in total. The van der Waals surface area contributed by atoms with Crippen molar-refractivity contribution in [2.45, 2.75) is 50.5 Å². The Hall–Kier alpha value is -1.59. The van der Waals surface area contributed by atoms with Gasteiger partial charge in [0.15, 0.2) is 0 Å². The molecule has 1 heterocycles. The molecule has 1 spiro atoms. The van der Waals surface area contributed by atoms with Crippen LogP contribution in [0.2, 0.25) is 0 Å². The Balaban J connectivity index is 1.73. The van der Waals surface area contributed by atoms with E-state index in [-0.39, 0.29) is 17.7 Å². The van der Waals surface area contributed by atoms with E-state index in [4.69, 9.17) is 0 Å². The molecule has 0 atom stereocenters. The lowest BCUT2D eigenvalue weighted by atomic mass is 9.82. The van der Waals surface area contributed by atoms with Crippen LogP contribution in [0, 0.1) is 5.92 Å². The summed E-state index contributed by atoms with van der Waals surface area (Å²) < 4.78 is 0. The van der Waals surface area contributed by atoms with E-state index in [0.717, 1.165) is 37.1 Å². The van der Waals surface area contributed by atoms with Gasteiger partial charge in [-0.2, -0.15) is 5.01 Å². The highest BCUT2D eigenvalue weighted by Gasteiger charge is 2.52. The Kier molecular flexibility index (Phi) is 2.53. The smallest absolute Gasteiger partial charge is 0.322 e. The van der Waals surface area contributed by atoms with Crippen molar-refractivity contribution in [3.05, 3.63) is 0 Å². The van der Waals surface area contributed by atoms with Gasteiger partial charge in [0.2, 0.25) is 5.91 Å². The predicted molar refractivity (Wildman–Crippen MR) is 62.1 cm³/mol. The molecule has 3 rings (SSSR count). The lowest BCUT2D eigenvalue weighted by Crippen LogP contribution is -2.51. The van der Waals surface area contributed by atoms with E-state index < -0.39 is 11.6 Å². The SMILES string of the molecule is O=C(NN1C(=O)NC2(CCCCC2)C1=O)C1CC1. The van der Waals surface area contributed by atoms with Gasteiger partial charge in [-0.1, -0.05) is 19.3 Å². The largest absolute Gasteiger partial charge is 0.344 e. The summed E-state index contributed by atoms with van der Waals surface area (Å²) in [5.74, 6) is -0.527. The van der Waals surface area contributed by atoms with Crippen LogP contribution in [0.3, 0.4) is 0 Å². The van der Waals surface area contributed by atoms with Crippen LogP contribution in [-0.2, 0) is 9.59 Å². The molecule has 0 bridgehead atoms. The average molecular weight is 251 g/mol. The van der Waals surface area contributed by atoms with Crippen molar-refractivity contribution >= 4 is 17.8 Å². The van der Waals surface area contributed by atoms with Crippen molar-refractivity contribution in [1.82, 2.24) is 15.8 Å². The van der Waals surface area contributed by atoms with E-state index in [1.54, 1.807) is 0 Å². The standard InChI is InChI=1S/C12H17N3O3/c16-9(8-4-5-8)14-15-10(17)12(13-11(15)18)6-2-1-3-7-12/h8H,1-7H2,(H,13,18)(H,14,16). The van der Waals surface area contributed by atoms with Crippen molar-refractivity contribution in [3.63, 3.8) is 0 Å². The minimum absolute atomic E-state index is 0.0199. The predicted octanol–water partition coefficient (Wildman–Crippen LogP) is 0.682. The fraction of sp³-hybridized carbons (Fsp3) is 0.750. The fourth-order valence-electron chi connectivity index (χ4n) is 2.76. The van der Waals surface area contributed by atoms with E-state index in [1.165, 1.54) is 0 Å². The monoisotopic (exact) mass is 251 g/mol. The number of hydrogen-bond donors (Lipinski definition) is 2. The van der Waals surface area contributed by atoms with Crippen molar-refractivity contribution in [3.8, 4) is 0 Å². The van der Waals surface area contributed by atoms with Crippen LogP contribution in [0.4, 0.5) is 4.79 Å². The van der Waals surface area contributed by atoms with E-state index in [9.17, 15) is 14.4 Å². The maximum atomic E-state index is 12.3. The summed E-state index contributed by atoms with van der Waals surface area (Å²) in [5, 5.41) is 3.64. The van der Waals surface area contributed by atoms with Gasteiger partial charge in [-0.3, -0.25) is 15.0 Å². The molecule has 2 N–H and O–H groups in total. The Morgan fingerprint density at radius 1 is 1.22 bits per heavy atom. The first kappa shape index (κ1) is 11.5. The molecule has 6 heteroatoms. The third kappa shape index (κ3) is 1.76. The minimum atomic E-state index is -0.758. The van der Waals surface area contributed by atoms with Gasteiger partial charge in [0, 0.05) is 5.92 Å². The number of imide groups is 1. The summed E-state index contributed by atoms with van der Waals surface area (Å²) in [4.78, 5) is 35.8. The van der Waals surface area contributed by atoms with Crippen LogP contribution < -0.4 is 10.7 Å². The van der Waals surface area contributed by atoms with Gasteiger partial charge < -0.3 is 5.32 Å². The summed E-state index contributed by atoms with van der Waals surface area (Å²) in [5.41, 5.74) is 1.69. The molecule has 2 aliphatic carbocycles. The molecule has 98 valence electrons. The Bertz CT molecular complexity index is 411. The molecule has 1 saturated heterocycles. The van der Waals surface area contributed by atoms with E-state index in [1.807, 2.05) is 0 Å². The zero-order valence-corrected chi connectivity index (χ0v) is 10.2. The van der Waals surface area contributed by atoms with Gasteiger partial charge in [0.1, 0.15) is 5.54 Å². The van der Waals surface area contributed by atoms with Crippen molar-refractivity contribution < 1.29 is 14.4 Å².